The lowest BCUT2D eigenvalue weighted by atomic mass is 9.92. The minimum absolute atomic E-state index is 0.343. The summed E-state index contributed by atoms with van der Waals surface area (Å²) in [5.41, 5.74) is 0.343. The predicted molar refractivity (Wildman–Crippen MR) is 78.9 cm³/mol. The third-order valence-electron chi connectivity index (χ3n) is 4.83. The van der Waals surface area contributed by atoms with Crippen molar-refractivity contribution in [2.45, 2.75) is 71.4 Å². The summed E-state index contributed by atoms with van der Waals surface area (Å²) in [4.78, 5) is 2.77. The summed E-state index contributed by atoms with van der Waals surface area (Å²) in [7, 11) is 0. The summed E-state index contributed by atoms with van der Waals surface area (Å²) in [6, 6.07) is 0.708. The van der Waals surface area contributed by atoms with E-state index in [-0.39, 0.29) is 0 Å². The fourth-order valence-corrected chi connectivity index (χ4v) is 3.64. The Bertz CT molecular complexity index is 254. The summed E-state index contributed by atoms with van der Waals surface area (Å²) in [6.45, 7) is 13.2. The van der Waals surface area contributed by atoms with Gasteiger partial charge in [0.2, 0.25) is 0 Å². The first-order chi connectivity index (χ1) is 8.47. The monoisotopic (exact) mass is 252 g/mol. The van der Waals surface area contributed by atoms with Crippen LogP contribution in [0.2, 0.25) is 0 Å². The van der Waals surface area contributed by atoms with Crippen LogP contribution in [0.15, 0.2) is 0 Å². The SMILES string of the molecule is CC(C)CC1CN(CC2CCCC2)C(C)(C)CN1. The second-order valence-electron chi connectivity index (χ2n) is 7.58. The highest BCUT2D eigenvalue weighted by Crippen LogP contribution is 2.29. The first kappa shape index (κ1) is 14.3. The van der Waals surface area contributed by atoms with Crippen LogP contribution in [-0.4, -0.2) is 36.1 Å². The molecule has 106 valence electrons. The van der Waals surface area contributed by atoms with Crippen molar-refractivity contribution >= 4 is 0 Å². The lowest BCUT2D eigenvalue weighted by Gasteiger charge is -2.47. The van der Waals surface area contributed by atoms with Crippen molar-refractivity contribution in [3.8, 4) is 0 Å². The maximum absolute atomic E-state index is 3.75. The maximum Gasteiger partial charge on any atom is 0.0278 e. The minimum Gasteiger partial charge on any atom is -0.311 e. The number of nitrogens with zero attached hydrogens (tertiary/aromatic N) is 1. The predicted octanol–water partition coefficient (Wildman–Crippen LogP) is 3.28. The Morgan fingerprint density at radius 3 is 2.50 bits per heavy atom. The number of hydrogen-bond acceptors (Lipinski definition) is 2. The summed E-state index contributed by atoms with van der Waals surface area (Å²) in [6.07, 6.45) is 7.18. The van der Waals surface area contributed by atoms with Crippen LogP contribution < -0.4 is 5.32 Å². The Morgan fingerprint density at radius 1 is 1.22 bits per heavy atom. The van der Waals surface area contributed by atoms with Crippen molar-refractivity contribution in [1.82, 2.24) is 10.2 Å². The van der Waals surface area contributed by atoms with Crippen molar-refractivity contribution in [2.24, 2.45) is 11.8 Å². The van der Waals surface area contributed by atoms with E-state index in [1.165, 1.54) is 45.2 Å². The molecule has 2 nitrogen and oxygen atoms in total. The minimum atomic E-state index is 0.343. The molecule has 1 unspecified atom stereocenters. The second kappa shape index (κ2) is 5.92. The molecule has 2 rings (SSSR count). The van der Waals surface area contributed by atoms with Gasteiger partial charge in [-0.15, -0.1) is 0 Å². The Balaban J connectivity index is 1.90. The molecule has 1 aliphatic heterocycles. The molecule has 0 bridgehead atoms. The van der Waals surface area contributed by atoms with Crippen molar-refractivity contribution in [3.63, 3.8) is 0 Å². The summed E-state index contributed by atoms with van der Waals surface area (Å²) in [5.74, 6) is 1.78. The molecule has 2 fully saturated rings. The summed E-state index contributed by atoms with van der Waals surface area (Å²) >= 11 is 0. The topological polar surface area (TPSA) is 15.3 Å². The van der Waals surface area contributed by atoms with Gasteiger partial charge < -0.3 is 5.32 Å². The van der Waals surface area contributed by atoms with Gasteiger partial charge >= 0.3 is 0 Å². The standard InChI is InChI=1S/C16H32N2/c1-13(2)9-15-11-18(16(3,4)12-17-15)10-14-7-5-6-8-14/h13-15,17H,5-12H2,1-4H3. The molecule has 0 aromatic rings. The third-order valence-corrected chi connectivity index (χ3v) is 4.83. The van der Waals surface area contributed by atoms with Crippen molar-refractivity contribution < 1.29 is 0 Å². The molecular weight excluding hydrogens is 220 g/mol. The quantitative estimate of drug-likeness (QED) is 0.826. The fourth-order valence-electron chi connectivity index (χ4n) is 3.64. The molecule has 0 radical (unpaired) electrons. The average Bonchev–Trinajstić information content (AvgIpc) is 2.75. The molecule has 1 saturated carbocycles. The van der Waals surface area contributed by atoms with E-state index in [2.05, 4.69) is 37.9 Å². The average molecular weight is 252 g/mol. The van der Waals surface area contributed by atoms with E-state index in [0.717, 1.165) is 18.4 Å². The van der Waals surface area contributed by atoms with Gasteiger partial charge in [0.25, 0.3) is 0 Å². The highest BCUT2D eigenvalue weighted by molar-refractivity contribution is 4.94. The van der Waals surface area contributed by atoms with Crippen molar-refractivity contribution in [1.29, 1.82) is 0 Å². The van der Waals surface area contributed by atoms with Crippen molar-refractivity contribution in [2.75, 3.05) is 19.6 Å². The second-order valence-corrected chi connectivity index (χ2v) is 7.58. The molecule has 2 heteroatoms. The van der Waals surface area contributed by atoms with Crippen LogP contribution in [0, 0.1) is 11.8 Å². The van der Waals surface area contributed by atoms with Crippen LogP contribution in [0.1, 0.15) is 59.8 Å². The van der Waals surface area contributed by atoms with Gasteiger partial charge in [0.05, 0.1) is 0 Å². The van der Waals surface area contributed by atoms with Gasteiger partial charge in [-0.1, -0.05) is 26.7 Å². The first-order valence-electron chi connectivity index (χ1n) is 7.96. The van der Waals surface area contributed by atoms with E-state index >= 15 is 0 Å². The van der Waals surface area contributed by atoms with Gasteiger partial charge in [-0.3, -0.25) is 4.90 Å². The molecule has 0 spiro atoms. The summed E-state index contributed by atoms with van der Waals surface area (Å²) in [5, 5.41) is 3.75. The Kier molecular flexibility index (Phi) is 4.71. The Labute approximate surface area is 114 Å². The van der Waals surface area contributed by atoms with Crippen LogP contribution >= 0.6 is 0 Å². The molecule has 1 N–H and O–H groups in total. The molecular formula is C16H32N2. The van der Waals surface area contributed by atoms with Gasteiger partial charge in [0, 0.05) is 31.2 Å². The van der Waals surface area contributed by atoms with E-state index in [4.69, 9.17) is 0 Å². The van der Waals surface area contributed by atoms with Crippen LogP contribution in [-0.2, 0) is 0 Å². The molecule has 1 atom stereocenters. The lowest BCUT2D eigenvalue weighted by molar-refractivity contribution is 0.0468. The fraction of sp³-hybridized carbons (Fsp3) is 1.00. The number of hydrogen-bond donors (Lipinski definition) is 1. The van der Waals surface area contributed by atoms with Gasteiger partial charge in [-0.05, 0) is 44.9 Å². The molecule has 0 aromatic heterocycles. The highest BCUT2D eigenvalue weighted by Gasteiger charge is 2.35. The van der Waals surface area contributed by atoms with Crippen LogP contribution in [0.4, 0.5) is 0 Å². The molecule has 18 heavy (non-hydrogen) atoms. The molecule has 1 saturated heterocycles. The molecule has 2 aliphatic rings. The number of nitrogens with one attached hydrogen (secondary N) is 1. The zero-order valence-electron chi connectivity index (χ0n) is 12.8. The first-order valence-corrected chi connectivity index (χ1v) is 7.96. The van der Waals surface area contributed by atoms with E-state index < -0.39 is 0 Å². The van der Waals surface area contributed by atoms with Gasteiger partial charge in [0.15, 0.2) is 0 Å². The van der Waals surface area contributed by atoms with Crippen LogP contribution in [0.3, 0.4) is 0 Å². The maximum atomic E-state index is 3.75. The van der Waals surface area contributed by atoms with E-state index in [1.54, 1.807) is 0 Å². The Hall–Kier alpha value is -0.0800. The van der Waals surface area contributed by atoms with Crippen LogP contribution in [0.25, 0.3) is 0 Å². The van der Waals surface area contributed by atoms with E-state index in [9.17, 15) is 0 Å². The zero-order chi connectivity index (χ0) is 13.2. The lowest BCUT2D eigenvalue weighted by Crippen LogP contribution is -2.62. The molecule has 0 amide bonds. The van der Waals surface area contributed by atoms with Crippen molar-refractivity contribution in [3.05, 3.63) is 0 Å². The van der Waals surface area contributed by atoms with Gasteiger partial charge in [0.1, 0.15) is 0 Å². The summed E-state index contributed by atoms with van der Waals surface area (Å²) < 4.78 is 0. The Morgan fingerprint density at radius 2 is 1.89 bits per heavy atom. The molecule has 1 aliphatic carbocycles. The van der Waals surface area contributed by atoms with Gasteiger partial charge in [-0.2, -0.15) is 0 Å². The molecule has 0 aromatic carbocycles. The normalized spacial score (nSPS) is 30.2. The van der Waals surface area contributed by atoms with Gasteiger partial charge in [-0.25, -0.2) is 0 Å². The smallest absolute Gasteiger partial charge is 0.0278 e. The number of rotatable bonds is 4. The highest BCUT2D eigenvalue weighted by atomic mass is 15.3. The zero-order valence-corrected chi connectivity index (χ0v) is 12.8. The largest absolute Gasteiger partial charge is 0.311 e. The molecule has 1 heterocycles. The van der Waals surface area contributed by atoms with Crippen LogP contribution in [0.5, 0.6) is 0 Å². The van der Waals surface area contributed by atoms with E-state index in [1.807, 2.05) is 0 Å². The van der Waals surface area contributed by atoms with E-state index in [0.29, 0.717) is 11.6 Å². The number of piperazine rings is 1. The third kappa shape index (κ3) is 3.71.